The summed E-state index contributed by atoms with van der Waals surface area (Å²) in [7, 11) is 0. The molecule has 1 unspecified atom stereocenters. The molecule has 0 saturated carbocycles. The number of hydrogen-bond donors (Lipinski definition) is 1. The first kappa shape index (κ1) is 16.1. The molecule has 1 heterocycles. The van der Waals surface area contributed by atoms with Crippen LogP contribution < -0.4 is 5.32 Å². The van der Waals surface area contributed by atoms with Gasteiger partial charge in [0, 0.05) is 13.0 Å². The summed E-state index contributed by atoms with van der Waals surface area (Å²) in [4.78, 5) is 13.6. The number of halogens is 4. The molecule has 1 saturated heterocycles. The van der Waals surface area contributed by atoms with E-state index in [1.54, 1.807) is 29.2 Å². The van der Waals surface area contributed by atoms with Crippen LogP contribution in [-0.2, 0) is 4.79 Å². The molecule has 2 rings (SSSR count). The zero-order valence-electron chi connectivity index (χ0n) is 11.3. The highest BCUT2D eigenvalue weighted by molar-refractivity contribution is 6.33. The SMILES string of the molecule is O=C(CN1CCC(CC(F)(F)F)C1)Nc1ccccc1Cl. The van der Waals surface area contributed by atoms with Crippen molar-refractivity contribution in [2.75, 3.05) is 25.0 Å². The lowest BCUT2D eigenvalue weighted by Crippen LogP contribution is -2.32. The molecular formula is C14H16ClF3N2O. The Morgan fingerprint density at radius 2 is 2.10 bits per heavy atom. The van der Waals surface area contributed by atoms with Gasteiger partial charge in [-0.25, -0.2) is 0 Å². The lowest BCUT2D eigenvalue weighted by Gasteiger charge is -2.16. The number of nitrogens with zero attached hydrogens (tertiary/aromatic N) is 1. The van der Waals surface area contributed by atoms with E-state index in [1.165, 1.54) is 0 Å². The van der Waals surface area contributed by atoms with Gasteiger partial charge in [-0.1, -0.05) is 23.7 Å². The zero-order chi connectivity index (χ0) is 15.5. The van der Waals surface area contributed by atoms with Crippen molar-refractivity contribution >= 4 is 23.2 Å². The third kappa shape index (κ3) is 5.21. The molecule has 0 aliphatic carbocycles. The Bertz CT molecular complexity index is 507. The summed E-state index contributed by atoms with van der Waals surface area (Å²) in [5, 5.41) is 3.10. The van der Waals surface area contributed by atoms with Crippen molar-refractivity contribution in [3.8, 4) is 0 Å². The van der Waals surface area contributed by atoms with Crippen LogP contribution in [0.5, 0.6) is 0 Å². The number of nitrogens with one attached hydrogen (secondary N) is 1. The molecule has 1 aromatic rings. The number of carbonyl (C=O) groups is 1. The molecule has 1 aliphatic heterocycles. The van der Waals surface area contributed by atoms with E-state index >= 15 is 0 Å². The van der Waals surface area contributed by atoms with Crippen molar-refractivity contribution in [2.24, 2.45) is 5.92 Å². The van der Waals surface area contributed by atoms with E-state index in [0.29, 0.717) is 30.2 Å². The van der Waals surface area contributed by atoms with Crippen LogP contribution in [0.3, 0.4) is 0 Å². The molecule has 116 valence electrons. The summed E-state index contributed by atoms with van der Waals surface area (Å²) >= 11 is 5.93. The molecule has 0 bridgehead atoms. The van der Waals surface area contributed by atoms with E-state index in [4.69, 9.17) is 11.6 Å². The highest BCUT2D eigenvalue weighted by Crippen LogP contribution is 2.30. The zero-order valence-corrected chi connectivity index (χ0v) is 12.0. The van der Waals surface area contributed by atoms with E-state index in [0.717, 1.165) is 0 Å². The molecule has 3 nitrogen and oxygen atoms in total. The van der Waals surface area contributed by atoms with Gasteiger partial charge in [0.05, 0.1) is 17.3 Å². The smallest absolute Gasteiger partial charge is 0.324 e. The molecule has 21 heavy (non-hydrogen) atoms. The quantitative estimate of drug-likeness (QED) is 0.920. The fourth-order valence-electron chi connectivity index (χ4n) is 2.51. The van der Waals surface area contributed by atoms with Crippen molar-refractivity contribution in [1.29, 1.82) is 0 Å². The fraction of sp³-hybridized carbons (Fsp3) is 0.500. The normalized spacial score (nSPS) is 19.7. The Balaban J connectivity index is 1.81. The van der Waals surface area contributed by atoms with E-state index in [2.05, 4.69) is 5.32 Å². The van der Waals surface area contributed by atoms with Crippen molar-refractivity contribution in [3.63, 3.8) is 0 Å². The van der Waals surface area contributed by atoms with E-state index < -0.39 is 18.5 Å². The summed E-state index contributed by atoms with van der Waals surface area (Å²) < 4.78 is 36.9. The second-order valence-electron chi connectivity index (χ2n) is 5.24. The van der Waals surface area contributed by atoms with Gasteiger partial charge >= 0.3 is 6.18 Å². The number of likely N-dealkylation sites (tertiary alicyclic amines) is 1. The van der Waals surface area contributed by atoms with Crippen LogP contribution in [0.1, 0.15) is 12.8 Å². The highest BCUT2D eigenvalue weighted by atomic mass is 35.5. The molecule has 0 spiro atoms. The maximum absolute atomic E-state index is 12.3. The first-order valence-electron chi connectivity index (χ1n) is 6.67. The Morgan fingerprint density at radius 3 is 2.76 bits per heavy atom. The number of carbonyl (C=O) groups excluding carboxylic acids is 1. The van der Waals surface area contributed by atoms with Crippen LogP contribution in [0.2, 0.25) is 5.02 Å². The molecule has 0 aromatic heterocycles. The summed E-state index contributed by atoms with van der Waals surface area (Å²) in [5.74, 6) is -0.686. The predicted molar refractivity (Wildman–Crippen MR) is 75.3 cm³/mol. The van der Waals surface area contributed by atoms with Gasteiger partial charge < -0.3 is 5.32 Å². The number of alkyl halides is 3. The first-order chi connectivity index (χ1) is 9.83. The van der Waals surface area contributed by atoms with Crippen molar-refractivity contribution < 1.29 is 18.0 Å². The Hall–Kier alpha value is -1.27. The van der Waals surface area contributed by atoms with Gasteiger partial charge in [-0.2, -0.15) is 13.2 Å². The van der Waals surface area contributed by atoms with E-state index in [1.807, 2.05) is 0 Å². The van der Waals surface area contributed by atoms with E-state index in [9.17, 15) is 18.0 Å². The third-order valence-corrected chi connectivity index (χ3v) is 3.73. The number of hydrogen-bond acceptors (Lipinski definition) is 2. The molecule has 1 aromatic carbocycles. The van der Waals surface area contributed by atoms with Crippen LogP contribution in [0.4, 0.5) is 18.9 Å². The molecule has 1 amide bonds. The Kier molecular flexibility index (Phi) is 5.11. The third-order valence-electron chi connectivity index (χ3n) is 3.41. The maximum Gasteiger partial charge on any atom is 0.389 e. The minimum atomic E-state index is -4.14. The molecule has 1 aliphatic rings. The van der Waals surface area contributed by atoms with Crippen LogP contribution in [0.25, 0.3) is 0 Å². The number of rotatable bonds is 4. The summed E-state index contributed by atoms with van der Waals surface area (Å²) in [5.41, 5.74) is 0.509. The second kappa shape index (κ2) is 6.66. The Morgan fingerprint density at radius 1 is 1.38 bits per heavy atom. The van der Waals surface area contributed by atoms with Gasteiger partial charge in [-0.3, -0.25) is 9.69 Å². The summed E-state index contributed by atoms with van der Waals surface area (Å²) in [6.45, 7) is 0.895. The van der Waals surface area contributed by atoms with Gasteiger partial charge in [0.2, 0.25) is 5.91 Å². The molecule has 1 N–H and O–H groups in total. The molecule has 1 atom stereocenters. The minimum absolute atomic E-state index is 0.0829. The monoisotopic (exact) mass is 320 g/mol. The maximum atomic E-state index is 12.3. The average Bonchev–Trinajstić information content (AvgIpc) is 2.77. The molecule has 1 fully saturated rings. The van der Waals surface area contributed by atoms with Crippen LogP contribution in [0.15, 0.2) is 24.3 Å². The van der Waals surface area contributed by atoms with Crippen molar-refractivity contribution in [2.45, 2.75) is 19.0 Å². The fourth-order valence-corrected chi connectivity index (χ4v) is 2.69. The van der Waals surface area contributed by atoms with Crippen LogP contribution >= 0.6 is 11.6 Å². The van der Waals surface area contributed by atoms with Gasteiger partial charge in [0.25, 0.3) is 0 Å². The highest BCUT2D eigenvalue weighted by Gasteiger charge is 2.35. The molecule has 7 heteroatoms. The van der Waals surface area contributed by atoms with Crippen molar-refractivity contribution in [1.82, 2.24) is 4.90 Å². The van der Waals surface area contributed by atoms with Crippen LogP contribution in [-0.4, -0.2) is 36.6 Å². The first-order valence-corrected chi connectivity index (χ1v) is 7.05. The predicted octanol–water partition coefficient (Wildman–Crippen LogP) is 3.55. The number of amides is 1. The summed E-state index contributed by atoms with van der Waals surface area (Å²) in [6, 6.07) is 6.83. The van der Waals surface area contributed by atoms with Crippen LogP contribution in [0, 0.1) is 5.92 Å². The molecule has 0 radical (unpaired) electrons. The lowest BCUT2D eigenvalue weighted by atomic mass is 10.1. The second-order valence-corrected chi connectivity index (χ2v) is 5.64. The number of benzene rings is 1. The van der Waals surface area contributed by atoms with Gasteiger partial charge in [-0.05, 0) is 31.0 Å². The largest absolute Gasteiger partial charge is 0.389 e. The van der Waals surface area contributed by atoms with Gasteiger partial charge in [0.15, 0.2) is 0 Å². The summed E-state index contributed by atoms with van der Waals surface area (Å²) in [6.07, 6.45) is -4.45. The molecular weight excluding hydrogens is 305 g/mol. The topological polar surface area (TPSA) is 32.3 Å². The number of para-hydroxylation sites is 1. The number of anilines is 1. The average molecular weight is 321 g/mol. The van der Waals surface area contributed by atoms with Crippen molar-refractivity contribution in [3.05, 3.63) is 29.3 Å². The minimum Gasteiger partial charge on any atom is -0.324 e. The van der Waals surface area contributed by atoms with Gasteiger partial charge in [-0.15, -0.1) is 0 Å². The Labute approximate surface area is 126 Å². The van der Waals surface area contributed by atoms with Gasteiger partial charge in [0.1, 0.15) is 0 Å². The lowest BCUT2D eigenvalue weighted by molar-refractivity contribution is -0.143. The standard InChI is InChI=1S/C14H16ClF3N2O/c15-11-3-1-2-4-12(11)19-13(21)9-20-6-5-10(8-20)7-14(16,17)18/h1-4,10H,5-9H2,(H,19,21). The van der Waals surface area contributed by atoms with E-state index in [-0.39, 0.29) is 12.5 Å².